The van der Waals surface area contributed by atoms with Crippen molar-refractivity contribution in [1.29, 1.82) is 0 Å². The molecule has 72 valence electrons. The molecule has 0 aliphatic carbocycles. The third-order valence-corrected chi connectivity index (χ3v) is 2.09. The number of nitrogens with two attached hydrogens (primary N) is 1. The molecule has 1 aromatic rings. The summed E-state index contributed by atoms with van der Waals surface area (Å²) in [6.07, 6.45) is 0. The van der Waals surface area contributed by atoms with Gasteiger partial charge < -0.3 is 5.11 Å². The molecule has 1 unspecified atom stereocenters. The van der Waals surface area contributed by atoms with E-state index in [0.717, 1.165) is 11.1 Å². The number of hydrogen-bond donors (Lipinski definition) is 3. The van der Waals surface area contributed by atoms with E-state index in [2.05, 4.69) is 5.43 Å². The van der Waals surface area contributed by atoms with Crippen LogP contribution in [0.25, 0.3) is 0 Å². The average Bonchev–Trinajstić information content (AvgIpc) is 2.04. The maximum atomic E-state index is 9.97. The number of benzene rings is 1. The third kappa shape index (κ3) is 2.52. The van der Waals surface area contributed by atoms with Gasteiger partial charge in [0.05, 0.1) is 0 Å². The predicted octanol–water partition coefficient (Wildman–Crippen LogP) is 0.666. The van der Waals surface area contributed by atoms with Crippen molar-refractivity contribution in [3.8, 4) is 0 Å². The first-order valence-electron chi connectivity index (χ1n) is 4.29. The van der Waals surface area contributed by atoms with Crippen LogP contribution in [-0.4, -0.2) is 11.7 Å². The number of rotatable bonds is 3. The highest BCUT2D eigenvalue weighted by molar-refractivity contribution is 5.27. The quantitative estimate of drug-likeness (QED) is 0.473. The Balaban J connectivity index is 2.93. The molecule has 3 heteroatoms. The summed E-state index contributed by atoms with van der Waals surface area (Å²) in [4.78, 5) is 0. The van der Waals surface area contributed by atoms with Gasteiger partial charge in [-0.25, -0.2) is 0 Å². The van der Waals surface area contributed by atoms with E-state index in [9.17, 15) is 5.11 Å². The van der Waals surface area contributed by atoms with Gasteiger partial charge in [0, 0.05) is 6.54 Å². The third-order valence-electron chi connectivity index (χ3n) is 2.09. The Hall–Kier alpha value is -0.900. The van der Waals surface area contributed by atoms with Gasteiger partial charge in [0.1, 0.15) is 5.60 Å². The molecular formula is C10H16N2O. The van der Waals surface area contributed by atoms with E-state index in [-0.39, 0.29) is 0 Å². The van der Waals surface area contributed by atoms with Crippen molar-refractivity contribution < 1.29 is 5.11 Å². The smallest absolute Gasteiger partial charge is 0.101 e. The van der Waals surface area contributed by atoms with E-state index in [0.29, 0.717) is 6.54 Å². The SMILES string of the molecule is Cc1cccc(C(C)(O)CNN)c1. The lowest BCUT2D eigenvalue weighted by Crippen LogP contribution is -2.38. The standard InChI is InChI=1S/C10H16N2O/c1-8-4-3-5-9(6-8)10(2,13)7-12-11/h3-6,12-13H,7,11H2,1-2H3. The second kappa shape index (κ2) is 3.87. The van der Waals surface area contributed by atoms with E-state index in [4.69, 9.17) is 5.84 Å². The summed E-state index contributed by atoms with van der Waals surface area (Å²) in [6.45, 7) is 4.08. The van der Waals surface area contributed by atoms with E-state index in [1.165, 1.54) is 0 Å². The highest BCUT2D eigenvalue weighted by Gasteiger charge is 2.21. The van der Waals surface area contributed by atoms with Gasteiger partial charge >= 0.3 is 0 Å². The highest BCUT2D eigenvalue weighted by Crippen LogP contribution is 2.19. The first kappa shape index (κ1) is 10.2. The topological polar surface area (TPSA) is 58.3 Å². The molecule has 0 spiro atoms. The zero-order valence-corrected chi connectivity index (χ0v) is 8.04. The molecule has 0 bridgehead atoms. The Bertz CT molecular complexity index is 284. The normalized spacial score (nSPS) is 15.4. The van der Waals surface area contributed by atoms with Crippen LogP contribution in [0.15, 0.2) is 24.3 Å². The Morgan fingerprint density at radius 2 is 2.23 bits per heavy atom. The van der Waals surface area contributed by atoms with Crippen LogP contribution in [-0.2, 0) is 5.60 Å². The number of hydrogen-bond acceptors (Lipinski definition) is 3. The summed E-state index contributed by atoms with van der Waals surface area (Å²) in [7, 11) is 0. The summed E-state index contributed by atoms with van der Waals surface area (Å²) in [5, 5.41) is 9.97. The summed E-state index contributed by atoms with van der Waals surface area (Å²) in [6, 6.07) is 7.77. The minimum atomic E-state index is -0.902. The molecule has 0 saturated carbocycles. The molecule has 4 N–H and O–H groups in total. The van der Waals surface area contributed by atoms with Crippen LogP contribution in [0.3, 0.4) is 0 Å². The molecule has 0 aromatic heterocycles. The molecule has 0 saturated heterocycles. The average molecular weight is 180 g/mol. The molecule has 0 fully saturated rings. The van der Waals surface area contributed by atoms with Gasteiger partial charge in [-0.15, -0.1) is 0 Å². The molecule has 0 heterocycles. The molecular weight excluding hydrogens is 164 g/mol. The molecule has 0 aliphatic heterocycles. The lowest BCUT2D eigenvalue weighted by Gasteiger charge is -2.23. The number of aliphatic hydroxyl groups is 1. The second-order valence-corrected chi connectivity index (χ2v) is 3.52. The lowest BCUT2D eigenvalue weighted by atomic mass is 9.95. The van der Waals surface area contributed by atoms with E-state index in [1.807, 2.05) is 31.2 Å². The Labute approximate surface area is 78.5 Å². The molecule has 13 heavy (non-hydrogen) atoms. The van der Waals surface area contributed by atoms with Crippen LogP contribution in [0.2, 0.25) is 0 Å². The van der Waals surface area contributed by atoms with Crippen molar-refractivity contribution in [3.05, 3.63) is 35.4 Å². The molecule has 0 aliphatic rings. The van der Waals surface area contributed by atoms with E-state index < -0.39 is 5.60 Å². The van der Waals surface area contributed by atoms with Gasteiger partial charge in [0.2, 0.25) is 0 Å². The van der Waals surface area contributed by atoms with Crippen molar-refractivity contribution >= 4 is 0 Å². The van der Waals surface area contributed by atoms with Crippen molar-refractivity contribution in [2.45, 2.75) is 19.4 Å². The Morgan fingerprint density at radius 3 is 2.77 bits per heavy atom. The summed E-state index contributed by atoms with van der Waals surface area (Å²) < 4.78 is 0. The summed E-state index contributed by atoms with van der Waals surface area (Å²) >= 11 is 0. The maximum absolute atomic E-state index is 9.97. The van der Waals surface area contributed by atoms with Gasteiger partial charge in [-0.05, 0) is 19.4 Å². The fourth-order valence-electron chi connectivity index (χ4n) is 1.28. The summed E-state index contributed by atoms with van der Waals surface area (Å²) in [5.41, 5.74) is 3.59. The van der Waals surface area contributed by atoms with Crippen molar-refractivity contribution in [2.75, 3.05) is 6.54 Å². The predicted molar refractivity (Wildman–Crippen MR) is 52.9 cm³/mol. The van der Waals surface area contributed by atoms with E-state index in [1.54, 1.807) is 6.92 Å². The minimum Gasteiger partial charge on any atom is -0.384 e. The fraction of sp³-hybridized carbons (Fsp3) is 0.400. The van der Waals surface area contributed by atoms with Gasteiger partial charge in [-0.3, -0.25) is 11.3 Å². The Kier molecular flexibility index (Phi) is 3.03. The molecule has 0 amide bonds. The van der Waals surface area contributed by atoms with Crippen LogP contribution in [0.1, 0.15) is 18.1 Å². The van der Waals surface area contributed by atoms with Crippen LogP contribution >= 0.6 is 0 Å². The van der Waals surface area contributed by atoms with Crippen LogP contribution in [0.5, 0.6) is 0 Å². The van der Waals surface area contributed by atoms with Gasteiger partial charge in [-0.1, -0.05) is 29.8 Å². The van der Waals surface area contributed by atoms with Crippen LogP contribution < -0.4 is 11.3 Å². The highest BCUT2D eigenvalue weighted by atomic mass is 16.3. The van der Waals surface area contributed by atoms with Crippen molar-refractivity contribution in [2.24, 2.45) is 5.84 Å². The Morgan fingerprint density at radius 1 is 1.54 bits per heavy atom. The first-order valence-corrected chi connectivity index (χ1v) is 4.29. The lowest BCUT2D eigenvalue weighted by molar-refractivity contribution is 0.0572. The van der Waals surface area contributed by atoms with E-state index >= 15 is 0 Å². The number of aryl methyl sites for hydroxylation is 1. The van der Waals surface area contributed by atoms with Gasteiger partial charge in [0.15, 0.2) is 0 Å². The number of nitrogens with one attached hydrogen (secondary N) is 1. The largest absolute Gasteiger partial charge is 0.384 e. The minimum absolute atomic E-state index is 0.344. The molecule has 1 aromatic carbocycles. The van der Waals surface area contributed by atoms with Gasteiger partial charge in [-0.2, -0.15) is 0 Å². The fourth-order valence-corrected chi connectivity index (χ4v) is 1.28. The second-order valence-electron chi connectivity index (χ2n) is 3.52. The zero-order valence-electron chi connectivity index (χ0n) is 8.04. The molecule has 0 radical (unpaired) electrons. The van der Waals surface area contributed by atoms with Gasteiger partial charge in [0.25, 0.3) is 0 Å². The monoisotopic (exact) mass is 180 g/mol. The molecule has 3 nitrogen and oxygen atoms in total. The zero-order chi connectivity index (χ0) is 9.90. The molecule has 1 atom stereocenters. The van der Waals surface area contributed by atoms with Crippen LogP contribution in [0, 0.1) is 6.92 Å². The summed E-state index contributed by atoms with van der Waals surface area (Å²) in [5.74, 6) is 5.18. The maximum Gasteiger partial charge on any atom is 0.101 e. The van der Waals surface area contributed by atoms with Crippen molar-refractivity contribution in [3.63, 3.8) is 0 Å². The first-order chi connectivity index (χ1) is 6.06. The number of hydrazine groups is 1. The molecule has 1 rings (SSSR count). The van der Waals surface area contributed by atoms with Crippen LogP contribution in [0.4, 0.5) is 0 Å². The van der Waals surface area contributed by atoms with Crippen molar-refractivity contribution in [1.82, 2.24) is 5.43 Å².